The molecule has 0 radical (unpaired) electrons. The molecule has 4 heteroatoms. The molecule has 0 fully saturated rings. The van der Waals surface area contributed by atoms with Crippen LogP contribution in [0.3, 0.4) is 0 Å². The standard InChI is InChI=1S/C12H17N3O/c1-10(2)14-6-11-5-12(16-8-11)7-15-4-3-13-9-15/h3-5,8-10,14H,6-7H2,1-2H3. The van der Waals surface area contributed by atoms with Crippen LogP contribution in [0.15, 0.2) is 35.5 Å². The molecule has 0 saturated carbocycles. The number of hydrogen-bond donors (Lipinski definition) is 1. The Bertz CT molecular complexity index is 417. The zero-order chi connectivity index (χ0) is 11.4. The van der Waals surface area contributed by atoms with E-state index in [0.29, 0.717) is 6.04 Å². The van der Waals surface area contributed by atoms with Gasteiger partial charge in [0.2, 0.25) is 0 Å². The predicted molar refractivity (Wildman–Crippen MR) is 62.0 cm³/mol. The van der Waals surface area contributed by atoms with E-state index in [0.717, 1.165) is 18.8 Å². The molecule has 4 nitrogen and oxygen atoms in total. The number of nitrogens with zero attached hydrogens (tertiary/aromatic N) is 2. The second kappa shape index (κ2) is 4.99. The largest absolute Gasteiger partial charge is 0.467 e. The van der Waals surface area contributed by atoms with E-state index in [4.69, 9.17) is 4.42 Å². The Morgan fingerprint density at radius 3 is 3.06 bits per heavy atom. The van der Waals surface area contributed by atoms with E-state index >= 15 is 0 Å². The number of furan rings is 1. The average molecular weight is 219 g/mol. The van der Waals surface area contributed by atoms with Crippen LogP contribution in [-0.4, -0.2) is 15.6 Å². The molecule has 0 bridgehead atoms. The van der Waals surface area contributed by atoms with Gasteiger partial charge in [0.1, 0.15) is 5.76 Å². The van der Waals surface area contributed by atoms with Gasteiger partial charge in [-0.2, -0.15) is 0 Å². The maximum atomic E-state index is 5.48. The van der Waals surface area contributed by atoms with Crippen LogP contribution in [0.1, 0.15) is 25.2 Å². The first-order valence-electron chi connectivity index (χ1n) is 5.49. The maximum Gasteiger partial charge on any atom is 0.123 e. The highest BCUT2D eigenvalue weighted by Gasteiger charge is 2.03. The normalized spacial score (nSPS) is 11.2. The van der Waals surface area contributed by atoms with E-state index < -0.39 is 0 Å². The highest BCUT2D eigenvalue weighted by Crippen LogP contribution is 2.09. The van der Waals surface area contributed by atoms with Gasteiger partial charge in [-0.05, 0) is 6.07 Å². The summed E-state index contributed by atoms with van der Waals surface area (Å²) in [5.74, 6) is 0.957. The average Bonchev–Trinajstić information content (AvgIpc) is 2.87. The van der Waals surface area contributed by atoms with E-state index in [1.54, 1.807) is 12.5 Å². The summed E-state index contributed by atoms with van der Waals surface area (Å²) in [6, 6.07) is 2.57. The monoisotopic (exact) mass is 219 g/mol. The van der Waals surface area contributed by atoms with Gasteiger partial charge < -0.3 is 14.3 Å². The third kappa shape index (κ3) is 2.97. The lowest BCUT2D eigenvalue weighted by Crippen LogP contribution is -2.21. The molecule has 0 aliphatic heterocycles. The molecule has 0 amide bonds. The van der Waals surface area contributed by atoms with Gasteiger partial charge in [-0.1, -0.05) is 13.8 Å². The van der Waals surface area contributed by atoms with Crippen LogP contribution >= 0.6 is 0 Å². The number of rotatable bonds is 5. The van der Waals surface area contributed by atoms with Crippen LogP contribution < -0.4 is 5.32 Å². The zero-order valence-electron chi connectivity index (χ0n) is 9.68. The molecule has 0 saturated heterocycles. The van der Waals surface area contributed by atoms with Crippen LogP contribution in [0.25, 0.3) is 0 Å². The van der Waals surface area contributed by atoms with Gasteiger partial charge in [0.25, 0.3) is 0 Å². The number of hydrogen-bond acceptors (Lipinski definition) is 3. The molecule has 2 rings (SSSR count). The Balaban J connectivity index is 1.92. The lowest BCUT2D eigenvalue weighted by Gasteiger charge is -2.04. The van der Waals surface area contributed by atoms with Crippen LogP contribution in [0.2, 0.25) is 0 Å². The molecule has 0 spiro atoms. The topological polar surface area (TPSA) is 43.0 Å². The Kier molecular flexibility index (Phi) is 3.41. The van der Waals surface area contributed by atoms with Crippen molar-refractivity contribution in [3.8, 4) is 0 Å². The molecule has 0 aliphatic rings. The fraction of sp³-hybridized carbons (Fsp3) is 0.417. The van der Waals surface area contributed by atoms with Crippen molar-refractivity contribution in [2.24, 2.45) is 0 Å². The summed E-state index contributed by atoms with van der Waals surface area (Å²) in [6.45, 7) is 5.85. The second-order valence-corrected chi connectivity index (χ2v) is 4.19. The zero-order valence-corrected chi connectivity index (χ0v) is 9.68. The van der Waals surface area contributed by atoms with Crippen molar-refractivity contribution >= 4 is 0 Å². The molecule has 0 unspecified atom stereocenters. The number of aromatic nitrogens is 2. The van der Waals surface area contributed by atoms with Gasteiger partial charge in [0.15, 0.2) is 0 Å². The fourth-order valence-electron chi connectivity index (χ4n) is 1.48. The maximum absolute atomic E-state index is 5.48. The van der Waals surface area contributed by atoms with Gasteiger partial charge in [0, 0.05) is 30.5 Å². The number of imidazole rings is 1. The first kappa shape index (κ1) is 11.0. The molecule has 0 aromatic carbocycles. The molecule has 2 aromatic rings. The third-order valence-electron chi connectivity index (χ3n) is 2.32. The van der Waals surface area contributed by atoms with Crippen LogP contribution in [0.4, 0.5) is 0 Å². The van der Waals surface area contributed by atoms with Crippen molar-refractivity contribution in [3.05, 3.63) is 42.4 Å². The molecule has 1 N–H and O–H groups in total. The number of nitrogens with one attached hydrogen (secondary N) is 1. The summed E-state index contributed by atoms with van der Waals surface area (Å²) >= 11 is 0. The lowest BCUT2D eigenvalue weighted by molar-refractivity contribution is 0.490. The minimum Gasteiger partial charge on any atom is -0.467 e. The van der Waals surface area contributed by atoms with Gasteiger partial charge in [0.05, 0.1) is 19.1 Å². The molecule has 0 aliphatic carbocycles. The Morgan fingerprint density at radius 1 is 1.50 bits per heavy atom. The van der Waals surface area contributed by atoms with Crippen molar-refractivity contribution in [2.75, 3.05) is 0 Å². The van der Waals surface area contributed by atoms with Crippen LogP contribution in [0, 0.1) is 0 Å². The van der Waals surface area contributed by atoms with E-state index in [1.807, 2.05) is 17.0 Å². The Hall–Kier alpha value is -1.55. The second-order valence-electron chi connectivity index (χ2n) is 4.19. The SMILES string of the molecule is CC(C)NCc1coc(Cn2ccnc2)c1. The van der Waals surface area contributed by atoms with Crippen LogP contribution in [-0.2, 0) is 13.1 Å². The molecular weight excluding hydrogens is 202 g/mol. The van der Waals surface area contributed by atoms with E-state index in [2.05, 4.69) is 30.2 Å². The summed E-state index contributed by atoms with van der Waals surface area (Å²) in [6.07, 6.45) is 7.29. The molecule has 0 atom stereocenters. The van der Waals surface area contributed by atoms with Gasteiger partial charge >= 0.3 is 0 Å². The highest BCUT2D eigenvalue weighted by atomic mass is 16.3. The quantitative estimate of drug-likeness (QED) is 0.836. The third-order valence-corrected chi connectivity index (χ3v) is 2.32. The van der Waals surface area contributed by atoms with E-state index in [-0.39, 0.29) is 0 Å². The molecule has 2 heterocycles. The Labute approximate surface area is 95.3 Å². The van der Waals surface area contributed by atoms with E-state index in [9.17, 15) is 0 Å². The van der Waals surface area contributed by atoms with Crippen molar-refractivity contribution in [2.45, 2.75) is 33.0 Å². The van der Waals surface area contributed by atoms with Crippen molar-refractivity contribution in [1.82, 2.24) is 14.9 Å². The van der Waals surface area contributed by atoms with Crippen molar-refractivity contribution in [3.63, 3.8) is 0 Å². The molecular formula is C12H17N3O. The van der Waals surface area contributed by atoms with Gasteiger partial charge in [-0.15, -0.1) is 0 Å². The summed E-state index contributed by atoms with van der Waals surface area (Å²) < 4.78 is 7.47. The summed E-state index contributed by atoms with van der Waals surface area (Å²) in [4.78, 5) is 3.99. The summed E-state index contributed by atoms with van der Waals surface area (Å²) in [5.41, 5.74) is 1.18. The molecule has 2 aromatic heterocycles. The van der Waals surface area contributed by atoms with Gasteiger partial charge in [-0.25, -0.2) is 4.98 Å². The van der Waals surface area contributed by atoms with Crippen molar-refractivity contribution < 1.29 is 4.42 Å². The molecule has 16 heavy (non-hydrogen) atoms. The lowest BCUT2D eigenvalue weighted by atomic mass is 10.3. The summed E-state index contributed by atoms with van der Waals surface area (Å²) in [7, 11) is 0. The minimum absolute atomic E-state index is 0.493. The first-order chi connectivity index (χ1) is 7.74. The molecule has 86 valence electrons. The summed E-state index contributed by atoms with van der Waals surface area (Å²) in [5, 5.41) is 3.35. The van der Waals surface area contributed by atoms with Crippen molar-refractivity contribution in [1.29, 1.82) is 0 Å². The predicted octanol–water partition coefficient (Wildman–Crippen LogP) is 2.02. The Morgan fingerprint density at radius 2 is 2.38 bits per heavy atom. The minimum atomic E-state index is 0.493. The smallest absolute Gasteiger partial charge is 0.123 e. The first-order valence-corrected chi connectivity index (χ1v) is 5.49. The highest BCUT2D eigenvalue weighted by molar-refractivity contribution is 5.13. The fourth-order valence-corrected chi connectivity index (χ4v) is 1.48. The van der Waals surface area contributed by atoms with Crippen LogP contribution in [0.5, 0.6) is 0 Å². The van der Waals surface area contributed by atoms with Gasteiger partial charge in [-0.3, -0.25) is 0 Å². The van der Waals surface area contributed by atoms with E-state index in [1.165, 1.54) is 5.56 Å².